The minimum Gasteiger partial charge on any atom is -0.496 e. The zero-order chi connectivity index (χ0) is 22.1. The molecule has 0 aliphatic heterocycles. The van der Waals surface area contributed by atoms with Crippen molar-refractivity contribution in [1.82, 2.24) is 10.0 Å². The highest BCUT2D eigenvalue weighted by Crippen LogP contribution is 2.39. The van der Waals surface area contributed by atoms with Gasteiger partial charge < -0.3 is 14.5 Å². The smallest absolute Gasteiger partial charge is 0.255 e. The summed E-state index contributed by atoms with van der Waals surface area (Å²) >= 11 is 0. The van der Waals surface area contributed by atoms with Crippen LogP contribution in [0.4, 0.5) is 4.39 Å². The third kappa shape index (κ3) is 4.47. The zero-order valence-electron chi connectivity index (χ0n) is 17.1. The fraction of sp³-hybridized carbons (Fsp3) is 0.286. The van der Waals surface area contributed by atoms with Crippen LogP contribution in [0.2, 0.25) is 0 Å². The van der Waals surface area contributed by atoms with E-state index >= 15 is 0 Å². The molecule has 0 radical (unpaired) electrons. The number of sulfonamides is 1. The first-order valence-electron chi connectivity index (χ1n) is 9.21. The number of methoxy groups -OCH3 is 1. The second kappa shape index (κ2) is 8.45. The number of hydrogen-bond acceptors (Lipinski definition) is 5. The first-order valence-corrected chi connectivity index (χ1v) is 11.1. The van der Waals surface area contributed by atoms with E-state index in [2.05, 4.69) is 10.0 Å². The number of benzene rings is 2. The van der Waals surface area contributed by atoms with Crippen molar-refractivity contribution in [2.45, 2.75) is 12.8 Å². The third-order valence-electron chi connectivity index (χ3n) is 4.78. The molecule has 2 N–H and O–H groups in total. The molecular weight excluding hydrogens is 411 g/mol. The van der Waals surface area contributed by atoms with Crippen molar-refractivity contribution in [2.75, 3.05) is 27.0 Å². The highest BCUT2D eigenvalue weighted by molar-refractivity contribution is 7.88. The summed E-state index contributed by atoms with van der Waals surface area (Å²) in [6.45, 7) is 2.03. The lowest BCUT2D eigenvalue weighted by molar-refractivity contribution is 0.0964. The van der Waals surface area contributed by atoms with Crippen molar-refractivity contribution in [3.05, 3.63) is 53.3 Å². The van der Waals surface area contributed by atoms with Crippen LogP contribution in [0.5, 0.6) is 5.75 Å². The molecule has 7 nitrogen and oxygen atoms in total. The van der Waals surface area contributed by atoms with Crippen LogP contribution in [0, 0.1) is 5.82 Å². The van der Waals surface area contributed by atoms with Crippen LogP contribution in [0.3, 0.4) is 0 Å². The SMILES string of the molecule is CNC(=O)c1c(-c2ccc(F)cc2)oc2cc(C(C)CNS(C)(=O)=O)c(OC)cc12. The summed E-state index contributed by atoms with van der Waals surface area (Å²) in [6.07, 6.45) is 1.09. The molecule has 0 saturated heterocycles. The van der Waals surface area contributed by atoms with Gasteiger partial charge in [-0.3, -0.25) is 4.79 Å². The van der Waals surface area contributed by atoms with Crippen molar-refractivity contribution < 1.29 is 26.8 Å². The number of ether oxygens (including phenoxy) is 1. The molecule has 9 heteroatoms. The molecule has 160 valence electrons. The van der Waals surface area contributed by atoms with Gasteiger partial charge >= 0.3 is 0 Å². The van der Waals surface area contributed by atoms with Gasteiger partial charge in [0.15, 0.2) is 0 Å². The van der Waals surface area contributed by atoms with E-state index < -0.39 is 15.8 Å². The van der Waals surface area contributed by atoms with E-state index in [1.54, 1.807) is 12.1 Å². The number of furan rings is 1. The molecule has 0 aliphatic rings. The molecule has 1 unspecified atom stereocenters. The van der Waals surface area contributed by atoms with Gasteiger partial charge in [0.25, 0.3) is 5.91 Å². The van der Waals surface area contributed by atoms with E-state index in [9.17, 15) is 17.6 Å². The minimum atomic E-state index is -3.34. The van der Waals surface area contributed by atoms with E-state index in [4.69, 9.17) is 9.15 Å². The fourth-order valence-electron chi connectivity index (χ4n) is 3.24. The Kier molecular flexibility index (Phi) is 6.14. The Morgan fingerprint density at radius 1 is 1.23 bits per heavy atom. The number of hydrogen-bond donors (Lipinski definition) is 2. The quantitative estimate of drug-likeness (QED) is 0.595. The Hall–Kier alpha value is -2.91. The van der Waals surface area contributed by atoms with Gasteiger partial charge in [-0.1, -0.05) is 6.92 Å². The number of halogens is 1. The Balaban J connectivity index is 2.17. The van der Waals surface area contributed by atoms with Gasteiger partial charge in [0.05, 0.1) is 18.9 Å². The molecule has 3 aromatic rings. The van der Waals surface area contributed by atoms with Crippen LogP contribution in [-0.4, -0.2) is 41.3 Å². The molecule has 0 aliphatic carbocycles. The predicted octanol–water partition coefficient (Wildman–Crippen LogP) is 3.26. The van der Waals surface area contributed by atoms with Crippen molar-refractivity contribution in [3.8, 4) is 17.1 Å². The Morgan fingerprint density at radius 2 is 1.90 bits per heavy atom. The van der Waals surface area contributed by atoms with Crippen molar-refractivity contribution in [2.24, 2.45) is 0 Å². The molecule has 0 bridgehead atoms. The first-order chi connectivity index (χ1) is 14.1. The van der Waals surface area contributed by atoms with Gasteiger partial charge in [0.1, 0.15) is 22.9 Å². The zero-order valence-corrected chi connectivity index (χ0v) is 17.9. The van der Waals surface area contributed by atoms with Crippen molar-refractivity contribution >= 4 is 26.9 Å². The maximum absolute atomic E-state index is 13.4. The van der Waals surface area contributed by atoms with E-state index in [1.807, 2.05) is 6.92 Å². The molecular formula is C21H23FN2O5S. The lowest BCUT2D eigenvalue weighted by Crippen LogP contribution is -2.26. The molecule has 3 rings (SSSR count). The summed E-state index contributed by atoms with van der Waals surface area (Å²) in [5.41, 5.74) is 2.03. The molecule has 0 spiro atoms. The lowest BCUT2D eigenvalue weighted by atomic mass is 9.97. The summed E-state index contributed by atoms with van der Waals surface area (Å²) in [7, 11) is -0.328. The molecule has 1 heterocycles. The summed E-state index contributed by atoms with van der Waals surface area (Å²) in [5, 5.41) is 3.14. The predicted molar refractivity (Wildman–Crippen MR) is 113 cm³/mol. The van der Waals surface area contributed by atoms with Crippen LogP contribution in [0.1, 0.15) is 28.8 Å². The lowest BCUT2D eigenvalue weighted by Gasteiger charge is -2.16. The number of fused-ring (bicyclic) bond motifs is 1. The second-order valence-electron chi connectivity index (χ2n) is 7.00. The van der Waals surface area contributed by atoms with Crippen LogP contribution in [-0.2, 0) is 10.0 Å². The van der Waals surface area contributed by atoms with E-state index in [1.165, 1.54) is 38.4 Å². The second-order valence-corrected chi connectivity index (χ2v) is 8.84. The average molecular weight is 434 g/mol. The van der Waals surface area contributed by atoms with E-state index in [0.717, 1.165) is 11.8 Å². The maximum Gasteiger partial charge on any atom is 0.255 e. The summed E-state index contributed by atoms with van der Waals surface area (Å²) < 4.78 is 50.2. The number of amides is 1. The topological polar surface area (TPSA) is 97.6 Å². The number of carbonyl (C=O) groups excluding carboxylic acids is 1. The van der Waals surface area contributed by atoms with Gasteiger partial charge in [-0.15, -0.1) is 0 Å². The normalized spacial score (nSPS) is 12.7. The number of carbonyl (C=O) groups is 1. The molecule has 1 aromatic heterocycles. The molecule has 1 amide bonds. The van der Waals surface area contributed by atoms with E-state index in [0.29, 0.717) is 33.6 Å². The summed E-state index contributed by atoms with van der Waals surface area (Å²) in [6, 6.07) is 9.10. The average Bonchev–Trinajstić information content (AvgIpc) is 3.08. The molecule has 1 atom stereocenters. The van der Waals surface area contributed by atoms with E-state index in [-0.39, 0.29) is 18.4 Å². The van der Waals surface area contributed by atoms with Gasteiger partial charge in [0.2, 0.25) is 10.0 Å². The van der Waals surface area contributed by atoms with Crippen molar-refractivity contribution in [3.63, 3.8) is 0 Å². The Labute approximate surface area is 174 Å². The Morgan fingerprint density at radius 3 is 2.47 bits per heavy atom. The first kappa shape index (κ1) is 21.8. The van der Waals surface area contributed by atoms with Crippen LogP contribution < -0.4 is 14.8 Å². The third-order valence-corrected chi connectivity index (χ3v) is 5.47. The Bertz CT molecular complexity index is 1190. The summed E-state index contributed by atoms with van der Waals surface area (Å²) in [4.78, 5) is 12.6. The highest BCUT2D eigenvalue weighted by atomic mass is 32.2. The van der Waals surface area contributed by atoms with Crippen LogP contribution >= 0.6 is 0 Å². The molecule has 30 heavy (non-hydrogen) atoms. The standard InChI is InChI=1S/C21H23FN2O5S/c1-12(11-24-30(4,26)27)15-9-18-16(10-17(15)28-3)19(21(25)23-2)20(29-18)13-5-7-14(22)8-6-13/h5-10,12,24H,11H2,1-4H3,(H,23,25). The number of nitrogens with one attached hydrogen (secondary N) is 2. The molecule has 0 fully saturated rings. The number of rotatable bonds is 7. The highest BCUT2D eigenvalue weighted by Gasteiger charge is 2.24. The monoisotopic (exact) mass is 434 g/mol. The van der Waals surface area contributed by atoms with Gasteiger partial charge in [-0.25, -0.2) is 17.5 Å². The minimum absolute atomic E-state index is 0.175. The summed E-state index contributed by atoms with van der Waals surface area (Å²) in [5.74, 6) is -0.156. The maximum atomic E-state index is 13.4. The van der Waals surface area contributed by atoms with Gasteiger partial charge in [0, 0.05) is 30.1 Å². The van der Waals surface area contributed by atoms with Crippen LogP contribution in [0.15, 0.2) is 40.8 Å². The van der Waals surface area contributed by atoms with Gasteiger partial charge in [-0.2, -0.15) is 0 Å². The van der Waals surface area contributed by atoms with Crippen LogP contribution in [0.25, 0.3) is 22.3 Å². The molecule has 2 aromatic carbocycles. The molecule has 0 saturated carbocycles. The fourth-order valence-corrected chi connectivity index (χ4v) is 3.79. The van der Waals surface area contributed by atoms with Gasteiger partial charge in [-0.05, 0) is 42.3 Å². The van der Waals surface area contributed by atoms with Crippen molar-refractivity contribution in [1.29, 1.82) is 0 Å². The largest absolute Gasteiger partial charge is 0.496 e.